The SMILES string of the molecule is CC(C)COc1ccc(Cl)cc1CCCC(=O)O. The number of aliphatic carboxylic acids is 1. The van der Waals surface area contributed by atoms with Crippen molar-refractivity contribution in [2.45, 2.75) is 33.1 Å². The van der Waals surface area contributed by atoms with Gasteiger partial charge in [-0.3, -0.25) is 4.79 Å². The Kier molecular flexibility index (Phi) is 5.99. The third-order valence-corrected chi connectivity index (χ3v) is 2.67. The molecule has 100 valence electrons. The first-order valence-electron chi connectivity index (χ1n) is 6.12. The Morgan fingerprint density at radius 1 is 1.44 bits per heavy atom. The van der Waals surface area contributed by atoms with Crippen LogP contribution in [0.3, 0.4) is 0 Å². The molecule has 1 rings (SSSR count). The minimum absolute atomic E-state index is 0.163. The molecule has 0 fully saturated rings. The van der Waals surface area contributed by atoms with Crippen molar-refractivity contribution < 1.29 is 14.6 Å². The molecule has 0 aliphatic heterocycles. The quantitative estimate of drug-likeness (QED) is 0.820. The first-order valence-corrected chi connectivity index (χ1v) is 6.50. The summed E-state index contributed by atoms with van der Waals surface area (Å²) in [7, 11) is 0. The highest BCUT2D eigenvalue weighted by atomic mass is 35.5. The van der Waals surface area contributed by atoms with E-state index in [1.807, 2.05) is 12.1 Å². The summed E-state index contributed by atoms with van der Waals surface area (Å²) in [5.74, 6) is 0.479. The fourth-order valence-corrected chi connectivity index (χ4v) is 1.77. The number of carbonyl (C=O) groups is 1. The van der Waals surface area contributed by atoms with E-state index in [-0.39, 0.29) is 6.42 Å². The second kappa shape index (κ2) is 7.27. The van der Waals surface area contributed by atoms with Crippen LogP contribution in [0.15, 0.2) is 18.2 Å². The van der Waals surface area contributed by atoms with Gasteiger partial charge in [-0.05, 0) is 42.5 Å². The maximum atomic E-state index is 10.5. The van der Waals surface area contributed by atoms with Crippen LogP contribution in [0, 0.1) is 5.92 Å². The highest BCUT2D eigenvalue weighted by Gasteiger charge is 2.07. The summed E-state index contributed by atoms with van der Waals surface area (Å²) in [6, 6.07) is 5.48. The van der Waals surface area contributed by atoms with Gasteiger partial charge in [0.1, 0.15) is 5.75 Å². The number of rotatable bonds is 7. The van der Waals surface area contributed by atoms with Crippen molar-refractivity contribution in [2.75, 3.05) is 6.61 Å². The molecule has 0 aromatic heterocycles. The Morgan fingerprint density at radius 3 is 2.78 bits per heavy atom. The van der Waals surface area contributed by atoms with E-state index < -0.39 is 5.97 Å². The molecule has 0 saturated heterocycles. The predicted molar refractivity (Wildman–Crippen MR) is 72.4 cm³/mol. The van der Waals surface area contributed by atoms with Crippen LogP contribution in [-0.4, -0.2) is 17.7 Å². The normalized spacial score (nSPS) is 10.7. The molecule has 1 N–H and O–H groups in total. The van der Waals surface area contributed by atoms with Crippen LogP contribution in [0.5, 0.6) is 5.75 Å². The summed E-state index contributed by atoms with van der Waals surface area (Å²) >= 11 is 5.95. The lowest BCUT2D eigenvalue weighted by molar-refractivity contribution is -0.137. The Hall–Kier alpha value is -1.22. The van der Waals surface area contributed by atoms with Gasteiger partial charge in [-0.25, -0.2) is 0 Å². The van der Waals surface area contributed by atoms with Gasteiger partial charge in [0.25, 0.3) is 0 Å². The molecule has 0 bridgehead atoms. The van der Waals surface area contributed by atoms with Crippen LogP contribution in [0.2, 0.25) is 5.02 Å². The number of halogens is 1. The molecule has 4 heteroatoms. The van der Waals surface area contributed by atoms with E-state index in [9.17, 15) is 4.79 Å². The number of aryl methyl sites for hydroxylation is 1. The lowest BCUT2D eigenvalue weighted by atomic mass is 10.1. The number of carboxylic acid groups (broad SMARTS) is 1. The Bertz CT molecular complexity index is 402. The average Bonchev–Trinajstić information content (AvgIpc) is 2.27. The zero-order valence-electron chi connectivity index (χ0n) is 10.8. The van der Waals surface area contributed by atoms with Crippen LogP contribution in [0.25, 0.3) is 0 Å². The molecule has 0 amide bonds. The lowest BCUT2D eigenvalue weighted by Gasteiger charge is -2.13. The molecule has 0 aliphatic carbocycles. The fraction of sp³-hybridized carbons (Fsp3) is 0.500. The number of benzene rings is 1. The second-order valence-corrected chi connectivity index (χ2v) is 5.14. The van der Waals surface area contributed by atoms with E-state index in [4.69, 9.17) is 21.4 Å². The summed E-state index contributed by atoms with van der Waals surface area (Å²) in [6.45, 7) is 4.81. The van der Waals surface area contributed by atoms with Crippen molar-refractivity contribution >= 4 is 17.6 Å². The van der Waals surface area contributed by atoms with Crippen LogP contribution in [-0.2, 0) is 11.2 Å². The van der Waals surface area contributed by atoms with Crippen LogP contribution in [0.4, 0.5) is 0 Å². The number of ether oxygens (including phenoxy) is 1. The van der Waals surface area contributed by atoms with Gasteiger partial charge >= 0.3 is 5.97 Å². The standard InChI is InChI=1S/C14H19ClO3/c1-10(2)9-18-13-7-6-12(15)8-11(13)4-3-5-14(16)17/h6-8,10H,3-5,9H2,1-2H3,(H,16,17). The second-order valence-electron chi connectivity index (χ2n) is 4.70. The summed E-state index contributed by atoms with van der Waals surface area (Å²) in [6.07, 6.45) is 1.42. The van der Waals surface area contributed by atoms with Crippen molar-refractivity contribution in [1.29, 1.82) is 0 Å². The van der Waals surface area contributed by atoms with Gasteiger partial charge in [0, 0.05) is 11.4 Å². The van der Waals surface area contributed by atoms with Gasteiger partial charge in [-0.15, -0.1) is 0 Å². The van der Waals surface area contributed by atoms with Crippen molar-refractivity contribution in [1.82, 2.24) is 0 Å². The minimum atomic E-state index is -0.776. The average molecular weight is 271 g/mol. The smallest absolute Gasteiger partial charge is 0.303 e. The Labute approximate surface area is 113 Å². The zero-order chi connectivity index (χ0) is 13.5. The van der Waals surface area contributed by atoms with Gasteiger partial charge in [0.2, 0.25) is 0 Å². The molecule has 0 atom stereocenters. The monoisotopic (exact) mass is 270 g/mol. The summed E-state index contributed by atoms with van der Waals surface area (Å²) < 4.78 is 5.71. The van der Waals surface area contributed by atoms with Gasteiger partial charge in [0.05, 0.1) is 6.61 Å². The van der Waals surface area contributed by atoms with E-state index in [0.717, 1.165) is 11.3 Å². The highest BCUT2D eigenvalue weighted by Crippen LogP contribution is 2.25. The van der Waals surface area contributed by atoms with Crippen LogP contribution >= 0.6 is 11.6 Å². The molecule has 1 aromatic carbocycles. The molecule has 0 spiro atoms. The first-order chi connectivity index (χ1) is 8.49. The first kappa shape index (κ1) is 14.8. The van der Waals surface area contributed by atoms with Crippen LogP contribution < -0.4 is 4.74 Å². The molecule has 18 heavy (non-hydrogen) atoms. The predicted octanol–water partition coefficient (Wildman–Crippen LogP) is 3.78. The maximum Gasteiger partial charge on any atom is 0.303 e. The number of hydrogen-bond acceptors (Lipinski definition) is 2. The Morgan fingerprint density at radius 2 is 2.17 bits per heavy atom. The van der Waals surface area contributed by atoms with Gasteiger partial charge in [-0.2, -0.15) is 0 Å². The number of carboxylic acids is 1. The van der Waals surface area contributed by atoms with Gasteiger partial charge < -0.3 is 9.84 Å². The fourth-order valence-electron chi connectivity index (χ4n) is 1.57. The minimum Gasteiger partial charge on any atom is -0.493 e. The molecule has 0 aliphatic rings. The highest BCUT2D eigenvalue weighted by molar-refractivity contribution is 6.30. The molecule has 0 saturated carbocycles. The van der Waals surface area contributed by atoms with Gasteiger partial charge in [-0.1, -0.05) is 25.4 Å². The maximum absolute atomic E-state index is 10.5. The molecule has 1 aromatic rings. The van der Waals surface area contributed by atoms with Crippen molar-refractivity contribution in [3.63, 3.8) is 0 Å². The molecular weight excluding hydrogens is 252 g/mol. The topological polar surface area (TPSA) is 46.5 Å². The molecule has 3 nitrogen and oxygen atoms in total. The van der Waals surface area contributed by atoms with E-state index >= 15 is 0 Å². The van der Waals surface area contributed by atoms with Crippen molar-refractivity contribution in [2.24, 2.45) is 5.92 Å². The number of hydrogen-bond donors (Lipinski definition) is 1. The third kappa shape index (κ3) is 5.41. The molecular formula is C14H19ClO3. The third-order valence-electron chi connectivity index (χ3n) is 2.43. The van der Waals surface area contributed by atoms with Crippen LogP contribution in [0.1, 0.15) is 32.3 Å². The summed E-state index contributed by atoms with van der Waals surface area (Å²) in [5, 5.41) is 9.28. The van der Waals surface area contributed by atoms with E-state index in [1.165, 1.54) is 0 Å². The molecule has 0 radical (unpaired) electrons. The van der Waals surface area contributed by atoms with E-state index in [0.29, 0.717) is 30.4 Å². The molecule has 0 unspecified atom stereocenters. The van der Waals surface area contributed by atoms with Crippen molar-refractivity contribution in [3.8, 4) is 5.75 Å². The summed E-state index contributed by atoms with van der Waals surface area (Å²) in [4.78, 5) is 10.5. The summed E-state index contributed by atoms with van der Waals surface area (Å²) in [5.41, 5.74) is 0.976. The Balaban J connectivity index is 2.67. The van der Waals surface area contributed by atoms with E-state index in [1.54, 1.807) is 6.07 Å². The zero-order valence-corrected chi connectivity index (χ0v) is 11.5. The van der Waals surface area contributed by atoms with E-state index in [2.05, 4.69) is 13.8 Å². The van der Waals surface area contributed by atoms with Crippen molar-refractivity contribution in [3.05, 3.63) is 28.8 Å². The largest absolute Gasteiger partial charge is 0.493 e. The van der Waals surface area contributed by atoms with Gasteiger partial charge in [0.15, 0.2) is 0 Å². The molecule has 0 heterocycles. The lowest BCUT2D eigenvalue weighted by Crippen LogP contribution is -2.06.